The van der Waals surface area contributed by atoms with E-state index >= 15 is 0 Å². The molecule has 0 radical (unpaired) electrons. The SMILES string of the molecule is Brc1ccc(-c2noc([C@@H]3CCn4cncc4C3)n2)o1. The van der Waals surface area contributed by atoms with Gasteiger partial charge < -0.3 is 13.5 Å². The normalized spacial score (nSPS) is 18.1. The zero-order chi connectivity index (χ0) is 13.5. The predicted molar refractivity (Wildman–Crippen MR) is 73.0 cm³/mol. The summed E-state index contributed by atoms with van der Waals surface area (Å²) >= 11 is 3.26. The Morgan fingerprint density at radius 2 is 2.30 bits per heavy atom. The predicted octanol–water partition coefficient (Wildman–Crippen LogP) is 3.02. The number of hydrogen-bond acceptors (Lipinski definition) is 5. The van der Waals surface area contributed by atoms with Crippen LogP contribution in [0.2, 0.25) is 0 Å². The van der Waals surface area contributed by atoms with Crippen LogP contribution in [0.3, 0.4) is 0 Å². The quantitative estimate of drug-likeness (QED) is 0.720. The topological polar surface area (TPSA) is 69.9 Å². The number of furan rings is 1. The highest BCUT2D eigenvalue weighted by atomic mass is 79.9. The summed E-state index contributed by atoms with van der Waals surface area (Å²) in [5.74, 6) is 2.01. The highest BCUT2D eigenvalue weighted by molar-refractivity contribution is 9.10. The molecule has 0 bridgehead atoms. The molecule has 0 spiro atoms. The van der Waals surface area contributed by atoms with Crippen LogP contribution in [-0.2, 0) is 13.0 Å². The second-order valence-electron chi connectivity index (χ2n) is 4.83. The average Bonchev–Trinajstić information content (AvgIpc) is 3.17. The second-order valence-corrected chi connectivity index (χ2v) is 5.61. The highest BCUT2D eigenvalue weighted by Gasteiger charge is 2.25. The maximum absolute atomic E-state index is 5.43. The first-order valence-corrected chi connectivity index (χ1v) is 7.17. The van der Waals surface area contributed by atoms with Crippen LogP contribution in [-0.4, -0.2) is 19.7 Å². The Hall–Kier alpha value is -1.89. The van der Waals surface area contributed by atoms with Crippen molar-refractivity contribution in [1.82, 2.24) is 19.7 Å². The number of imidazole rings is 1. The van der Waals surface area contributed by atoms with Crippen molar-refractivity contribution >= 4 is 15.9 Å². The molecule has 7 heteroatoms. The van der Waals surface area contributed by atoms with E-state index in [1.54, 1.807) is 0 Å². The van der Waals surface area contributed by atoms with Gasteiger partial charge in [0.15, 0.2) is 10.4 Å². The smallest absolute Gasteiger partial charge is 0.238 e. The Morgan fingerprint density at radius 3 is 3.15 bits per heavy atom. The van der Waals surface area contributed by atoms with Crippen LogP contribution in [0.1, 0.15) is 23.9 Å². The summed E-state index contributed by atoms with van der Waals surface area (Å²) in [5, 5.41) is 4.00. The first kappa shape index (κ1) is 11.9. The zero-order valence-corrected chi connectivity index (χ0v) is 12.1. The van der Waals surface area contributed by atoms with Crippen LogP contribution in [0.15, 0.2) is 38.3 Å². The largest absolute Gasteiger partial charge is 0.446 e. The van der Waals surface area contributed by atoms with Gasteiger partial charge in [-0.05, 0) is 34.5 Å². The molecule has 102 valence electrons. The first-order chi connectivity index (χ1) is 9.79. The molecule has 1 aliphatic rings. The fourth-order valence-corrected chi connectivity index (χ4v) is 2.82. The van der Waals surface area contributed by atoms with Crippen LogP contribution < -0.4 is 0 Å². The zero-order valence-electron chi connectivity index (χ0n) is 10.5. The summed E-state index contributed by atoms with van der Waals surface area (Å²) in [6.07, 6.45) is 5.62. The number of fused-ring (bicyclic) bond motifs is 1. The van der Waals surface area contributed by atoms with Crippen molar-refractivity contribution in [1.29, 1.82) is 0 Å². The van der Waals surface area contributed by atoms with E-state index < -0.39 is 0 Å². The van der Waals surface area contributed by atoms with E-state index in [1.165, 1.54) is 5.69 Å². The van der Waals surface area contributed by atoms with Crippen LogP contribution in [0.4, 0.5) is 0 Å². The van der Waals surface area contributed by atoms with Gasteiger partial charge in [0, 0.05) is 30.8 Å². The molecule has 0 fully saturated rings. The third-order valence-corrected chi connectivity index (χ3v) is 3.98. The maximum Gasteiger partial charge on any atom is 0.238 e. The molecule has 20 heavy (non-hydrogen) atoms. The van der Waals surface area contributed by atoms with Crippen LogP contribution in [0.5, 0.6) is 0 Å². The minimum absolute atomic E-state index is 0.249. The third kappa shape index (κ3) is 1.98. The fraction of sp³-hybridized carbons (Fsp3) is 0.308. The van der Waals surface area contributed by atoms with Gasteiger partial charge in [-0.15, -0.1) is 0 Å². The Bertz CT molecular complexity index is 745. The van der Waals surface area contributed by atoms with E-state index in [9.17, 15) is 0 Å². The molecule has 0 saturated heterocycles. The van der Waals surface area contributed by atoms with Crippen molar-refractivity contribution in [3.05, 3.63) is 40.9 Å². The van der Waals surface area contributed by atoms with Gasteiger partial charge in [-0.25, -0.2) is 4.98 Å². The van der Waals surface area contributed by atoms with Crippen molar-refractivity contribution in [3.63, 3.8) is 0 Å². The van der Waals surface area contributed by atoms with Crippen molar-refractivity contribution < 1.29 is 8.94 Å². The fourth-order valence-electron chi connectivity index (χ4n) is 2.52. The number of rotatable bonds is 2. The van der Waals surface area contributed by atoms with Crippen molar-refractivity contribution in [2.24, 2.45) is 0 Å². The van der Waals surface area contributed by atoms with E-state index in [4.69, 9.17) is 8.94 Å². The Kier molecular flexibility index (Phi) is 2.73. The van der Waals surface area contributed by atoms with Crippen LogP contribution in [0, 0.1) is 0 Å². The number of aromatic nitrogens is 4. The Labute approximate surface area is 122 Å². The third-order valence-electron chi connectivity index (χ3n) is 3.56. The molecule has 0 aliphatic carbocycles. The molecule has 0 N–H and O–H groups in total. The average molecular weight is 335 g/mol. The summed E-state index contributed by atoms with van der Waals surface area (Å²) in [4.78, 5) is 8.62. The minimum Gasteiger partial charge on any atom is -0.446 e. The van der Waals surface area contributed by atoms with E-state index in [2.05, 4.69) is 35.6 Å². The molecule has 0 aromatic carbocycles. The van der Waals surface area contributed by atoms with Gasteiger partial charge in [0.1, 0.15) is 0 Å². The van der Waals surface area contributed by atoms with Gasteiger partial charge in [-0.1, -0.05) is 5.16 Å². The summed E-state index contributed by atoms with van der Waals surface area (Å²) in [6.45, 7) is 0.935. The van der Waals surface area contributed by atoms with Crippen molar-refractivity contribution in [3.8, 4) is 11.6 Å². The molecule has 4 heterocycles. The van der Waals surface area contributed by atoms with Crippen LogP contribution in [0.25, 0.3) is 11.6 Å². The number of aryl methyl sites for hydroxylation is 1. The van der Waals surface area contributed by atoms with Gasteiger partial charge in [0.05, 0.1) is 6.33 Å². The number of hydrogen-bond donors (Lipinski definition) is 0. The first-order valence-electron chi connectivity index (χ1n) is 6.38. The van der Waals surface area contributed by atoms with Crippen LogP contribution >= 0.6 is 15.9 Å². The molecule has 1 atom stereocenters. The Morgan fingerprint density at radius 1 is 1.35 bits per heavy atom. The molecule has 6 nitrogen and oxygen atoms in total. The molecular weight excluding hydrogens is 324 g/mol. The molecule has 1 aliphatic heterocycles. The lowest BCUT2D eigenvalue weighted by Gasteiger charge is -2.20. The molecule has 3 aromatic heterocycles. The maximum atomic E-state index is 5.43. The molecule has 3 aromatic rings. The van der Waals surface area contributed by atoms with Gasteiger partial charge in [0.25, 0.3) is 0 Å². The number of nitrogens with zero attached hydrogens (tertiary/aromatic N) is 4. The molecular formula is C13H11BrN4O2. The molecule has 0 saturated carbocycles. The lowest BCUT2D eigenvalue weighted by Crippen LogP contribution is -2.17. The minimum atomic E-state index is 0.249. The number of halogens is 1. The van der Waals surface area contributed by atoms with E-state index in [-0.39, 0.29) is 5.92 Å². The standard InChI is InChI=1S/C13H11BrN4O2/c14-11-2-1-10(19-11)12-16-13(20-17-12)8-3-4-18-7-15-6-9(18)5-8/h1-2,6-8H,3-5H2/t8-/m1/s1. The van der Waals surface area contributed by atoms with Crippen molar-refractivity contribution in [2.45, 2.75) is 25.3 Å². The molecule has 0 unspecified atom stereocenters. The molecule has 0 amide bonds. The second kappa shape index (κ2) is 4.59. The van der Waals surface area contributed by atoms with Gasteiger partial charge >= 0.3 is 0 Å². The summed E-state index contributed by atoms with van der Waals surface area (Å²) in [6, 6.07) is 3.62. The van der Waals surface area contributed by atoms with Gasteiger partial charge in [0.2, 0.25) is 11.7 Å². The summed E-state index contributed by atoms with van der Waals surface area (Å²) in [7, 11) is 0. The van der Waals surface area contributed by atoms with Gasteiger partial charge in [-0.3, -0.25) is 0 Å². The summed E-state index contributed by atoms with van der Waals surface area (Å²) < 4.78 is 13.6. The Balaban J connectivity index is 1.60. The summed E-state index contributed by atoms with van der Waals surface area (Å²) in [5.41, 5.74) is 1.21. The monoisotopic (exact) mass is 334 g/mol. The van der Waals surface area contributed by atoms with Gasteiger partial charge in [-0.2, -0.15) is 4.98 Å². The van der Waals surface area contributed by atoms with E-state index in [0.717, 1.165) is 19.4 Å². The van der Waals surface area contributed by atoms with Crippen molar-refractivity contribution in [2.75, 3.05) is 0 Å². The highest BCUT2D eigenvalue weighted by Crippen LogP contribution is 2.30. The lowest BCUT2D eigenvalue weighted by atomic mass is 9.96. The molecule has 4 rings (SSSR count). The van der Waals surface area contributed by atoms with E-state index in [0.29, 0.717) is 22.1 Å². The lowest BCUT2D eigenvalue weighted by molar-refractivity contribution is 0.325. The van der Waals surface area contributed by atoms with E-state index in [1.807, 2.05) is 24.7 Å².